The third-order valence-electron chi connectivity index (χ3n) is 6.11. The van der Waals surface area contributed by atoms with Gasteiger partial charge in [0.1, 0.15) is 11.6 Å². The van der Waals surface area contributed by atoms with Crippen LogP contribution in [0, 0.1) is 35.3 Å². The fourth-order valence-electron chi connectivity index (χ4n) is 4.07. The van der Waals surface area contributed by atoms with Gasteiger partial charge in [-0.2, -0.15) is 13.2 Å². The van der Waals surface area contributed by atoms with Crippen molar-refractivity contribution in [1.82, 2.24) is 0 Å². The molecular weight excluding hydrogens is 491 g/mol. The van der Waals surface area contributed by atoms with Crippen LogP contribution in [0.2, 0.25) is 0 Å². The van der Waals surface area contributed by atoms with E-state index in [1.807, 2.05) is 12.1 Å². The van der Waals surface area contributed by atoms with Crippen molar-refractivity contribution in [2.75, 3.05) is 0 Å². The van der Waals surface area contributed by atoms with E-state index in [2.05, 4.69) is 42.7 Å². The molecule has 0 spiro atoms. The Balaban J connectivity index is 1.50. The van der Waals surface area contributed by atoms with Gasteiger partial charge in [-0.05, 0) is 71.8 Å². The molecule has 0 radical (unpaired) electrons. The van der Waals surface area contributed by atoms with Gasteiger partial charge in [0, 0.05) is 22.1 Å². The first kappa shape index (κ1) is 27.0. The molecule has 0 aliphatic carbocycles. The van der Waals surface area contributed by atoms with Crippen LogP contribution in [-0.2, 0) is 12.8 Å². The summed E-state index contributed by atoms with van der Waals surface area (Å²) in [5.74, 6) is 10.0. The molecule has 0 saturated heterocycles. The molecule has 0 nitrogen and oxygen atoms in total. The Morgan fingerprint density at radius 1 is 0.684 bits per heavy atom. The standard InChI is InChI=1S/C33H25F5/c1-2-3-4-5-23-6-8-24(9-7-23)10-11-25-14-19-30-28(20-25)18-17-27(32(30)35)15-12-26-13-16-29(31(34)21-26)22-33(36,37)38/h6-9,13-14,16-21H,2-5,22H2,1H3. The van der Waals surface area contributed by atoms with E-state index in [-0.39, 0.29) is 11.1 Å². The first-order valence-electron chi connectivity index (χ1n) is 12.4. The van der Waals surface area contributed by atoms with E-state index in [1.54, 1.807) is 24.3 Å². The van der Waals surface area contributed by atoms with E-state index in [0.717, 1.165) is 29.7 Å². The fraction of sp³-hybridized carbons (Fsp3) is 0.212. The zero-order valence-electron chi connectivity index (χ0n) is 20.9. The molecule has 0 heterocycles. The molecule has 0 saturated carbocycles. The second-order valence-corrected chi connectivity index (χ2v) is 9.12. The number of fused-ring (bicyclic) bond motifs is 1. The predicted octanol–water partition coefficient (Wildman–Crippen LogP) is 8.76. The van der Waals surface area contributed by atoms with Crippen molar-refractivity contribution in [3.63, 3.8) is 0 Å². The molecule has 0 amide bonds. The third kappa shape index (κ3) is 7.24. The maximum absolute atomic E-state index is 15.1. The molecule has 0 aromatic heterocycles. The van der Waals surface area contributed by atoms with Crippen LogP contribution in [0.1, 0.15) is 59.6 Å². The Labute approximate surface area is 219 Å². The van der Waals surface area contributed by atoms with Crippen LogP contribution >= 0.6 is 0 Å². The summed E-state index contributed by atoms with van der Waals surface area (Å²) in [5, 5.41) is 1.03. The van der Waals surface area contributed by atoms with E-state index < -0.39 is 29.8 Å². The van der Waals surface area contributed by atoms with Gasteiger partial charge in [0.25, 0.3) is 0 Å². The maximum Gasteiger partial charge on any atom is 0.393 e. The zero-order valence-corrected chi connectivity index (χ0v) is 20.9. The minimum Gasteiger partial charge on any atom is -0.207 e. The van der Waals surface area contributed by atoms with Gasteiger partial charge in [-0.3, -0.25) is 0 Å². The van der Waals surface area contributed by atoms with Gasteiger partial charge in [0.05, 0.1) is 12.0 Å². The van der Waals surface area contributed by atoms with Crippen LogP contribution in [0.15, 0.2) is 72.8 Å². The summed E-state index contributed by atoms with van der Waals surface area (Å²) in [6.07, 6.45) is -1.20. The SMILES string of the molecule is CCCCCc1ccc(C#Cc2ccc3c(F)c(C#Cc4ccc(CC(F)(F)F)c(F)c4)ccc3c2)cc1. The third-order valence-corrected chi connectivity index (χ3v) is 6.11. The summed E-state index contributed by atoms with van der Waals surface area (Å²) >= 11 is 0. The topological polar surface area (TPSA) is 0 Å². The highest BCUT2D eigenvalue weighted by molar-refractivity contribution is 5.86. The maximum atomic E-state index is 15.1. The van der Waals surface area contributed by atoms with Gasteiger partial charge >= 0.3 is 6.18 Å². The molecule has 192 valence electrons. The minimum absolute atomic E-state index is 0.107. The second kappa shape index (κ2) is 12.0. The Bertz CT molecular complexity index is 1560. The van der Waals surface area contributed by atoms with Crippen molar-refractivity contribution in [2.45, 2.75) is 45.2 Å². The molecule has 0 atom stereocenters. The molecule has 4 aromatic carbocycles. The number of hydrogen-bond acceptors (Lipinski definition) is 0. The fourth-order valence-corrected chi connectivity index (χ4v) is 4.07. The molecule has 0 N–H and O–H groups in total. The monoisotopic (exact) mass is 516 g/mol. The Kier molecular flexibility index (Phi) is 8.49. The van der Waals surface area contributed by atoms with Gasteiger partial charge in [-0.1, -0.05) is 73.8 Å². The van der Waals surface area contributed by atoms with Crippen LogP contribution in [-0.4, -0.2) is 6.18 Å². The van der Waals surface area contributed by atoms with Crippen molar-refractivity contribution in [3.05, 3.63) is 118 Å². The molecule has 0 fully saturated rings. The van der Waals surface area contributed by atoms with Crippen molar-refractivity contribution >= 4 is 10.8 Å². The van der Waals surface area contributed by atoms with Crippen molar-refractivity contribution < 1.29 is 22.0 Å². The lowest BCUT2D eigenvalue weighted by Crippen LogP contribution is -2.12. The molecule has 0 aliphatic rings. The average molecular weight is 517 g/mol. The molecule has 0 aliphatic heterocycles. The lowest BCUT2D eigenvalue weighted by Gasteiger charge is -2.07. The molecule has 5 heteroatoms. The van der Waals surface area contributed by atoms with Crippen LogP contribution in [0.5, 0.6) is 0 Å². The Morgan fingerprint density at radius 3 is 2.05 bits per heavy atom. The van der Waals surface area contributed by atoms with Crippen molar-refractivity contribution in [1.29, 1.82) is 0 Å². The van der Waals surface area contributed by atoms with E-state index in [9.17, 15) is 17.6 Å². The number of hydrogen-bond donors (Lipinski definition) is 0. The number of halogens is 5. The van der Waals surface area contributed by atoms with Crippen LogP contribution in [0.3, 0.4) is 0 Å². The van der Waals surface area contributed by atoms with Gasteiger partial charge in [0.15, 0.2) is 0 Å². The number of rotatable bonds is 5. The number of aryl methyl sites for hydroxylation is 1. The highest BCUT2D eigenvalue weighted by atomic mass is 19.4. The smallest absolute Gasteiger partial charge is 0.207 e. The van der Waals surface area contributed by atoms with E-state index in [4.69, 9.17) is 0 Å². The molecule has 0 unspecified atom stereocenters. The second-order valence-electron chi connectivity index (χ2n) is 9.12. The Hall–Kier alpha value is -4.09. The molecule has 0 bridgehead atoms. The summed E-state index contributed by atoms with van der Waals surface area (Å²) < 4.78 is 66.7. The van der Waals surface area contributed by atoms with Crippen LogP contribution in [0.4, 0.5) is 22.0 Å². The number of unbranched alkanes of at least 4 members (excludes halogenated alkanes) is 2. The Morgan fingerprint density at radius 2 is 1.34 bits per heavy atom. The normalized spacial score (nSPS) is 11.0. The van der Waals surface area contributed by atoms with Crippen molar-refractivity contribution in [3.8, 4) is 23.7 Å². The van der Waals surface area contributed by atoms with Gasteiger partial charge < -0.3 is 0 Å². The van der Waals surface area contributed by atoms with Gasteiger partial charge in [-0.25, -0.2) is 8.78 Å². The van der Waals surface area contributed by atoms with Crippen LogP contribution < -0.4 is 0 Å². The van der Waals surface area contributed by atoms with Gasteiger partial charge in [-0.15, -0.1) is 0 Å². The lowest BCUT2D eigenvalue weighted by molar-refractivity contribution is -0.127. The molecule has 4 aromatic rings. The first-order valence-corrected chi connectivity index (χ1v) is 12.4. The highest BCUT2D eigenvalue weighted by Crippen LogP contribution is 2.24. The number of benzene rings is 4. The summed E-state index contributed by atoms with van der Waals surface area (Å²) in [7, 11) is 0. The van der Waals surface area contributed by atoms with E-state index in [0.29, 0.717) is 10.8 Å². The summed E-state index contributed by atoms with van der Waals surface area (Å²) in [5.41, 5.74) is 2.76. The molecule has 38 heavy (non-hydrogen) atoms. The minimum atomic E-state index is -4.51. The lowest BCUT2D eigenvalue weighted by atomic mass is 10.0. The molecule has 4 rings (SSSR count). The quantitative estimate of drug-likeness (QED) is 0.141. The largest absolute Gasteiger partial charge is 0.393 e. The van der Waals surface area contributed by atoms with E-state index in [1.165, 1.54) is 37.0 Å². The van der Waals surface area contributed by atoms with Crippen LogP contribution in [0.25, 0.3) is 10.8 Å². The van der Waals surface area contributed by atoms with Crippen molar-refractivity contribution in [2.24, 2.45) is 0 Å². The summed E-state index contributed by atoms with van der Waals surface area (Å²) in [6, 6.07) is 19.9. The average Bonchev–Trinajstić information content (AvgIpc) is 2.89. The zero-order chi connectivity index (χ0) is 27.1. The van der Waals surface area contributed by atoms with E-state index >= 15 is 4.39 Å². The first-order chi connectivity index (χ1) is 18.2. The van der Waals surface area contributed by atoms with Gasteiger partial charge in [0.2, 0.25) is 0 Å². The summed E-state index contributed by atoms with van der Waals surface area (Å²) in [6.45, 7) is 2.19. The predicted molar refractivity (Wildman–Crippen MR) is 142 cm³/mol. The molecular formula is C33H25F5. The number of alkyl halides is 3. The highest BCUT2D eigenvalue weighted by Gasteiger charge is 2.29. The summed E-state index contributed by atoms with van der Waals surface area (Å²) in [4.78, 5) is 0.